The maximum atomic E-state index is 12.9. The van der Waals surface area contributed by atoms with Crippen LogP contribution in [-0.4, -0.2) is 68.3 Å². The number of carbonyl (C=O) groups is 1. The molecule has 132 valence electrons. The third-order valence-electron chi connectivity index (χ3n) is 5.11. The van der Waals surface area contributed by atoms with E-state index in [1.807, 2.05) is 24.3 Å². The molecule has 2 fully saturated rings. The van der Waals surface area contributed by atoms with Crippen molar-refractivity contribution in [2.24, 2.45) is 0 Å². The highest BCUT2D eigenvalue weighted by molar-refractivity contribution is 5.94. The summed E-state index contributed by atoms with van der Waals surface area (Å²) in [7, 11) is 1.64. The lowest BCUT2D eigenvalue weighted by molar-refractivity contribution is 0.0295. The van der Waals surface area contributed by atoms with E-state index in [9.17, 15) is 4.79 Å². The molecule has 1 aromatic rings. The lowest BCUT2D eigenvalue weighted by atomic mass is 9.97. The van der Waals surface area contributed by atoms with E-state index in [4.69, 9.17) is 9.47 Å². The minimum absolute atomic E-state index is 0.157. The molecular formula is C19H28N2O3. The van der Waals surface area contributed by atoms with Crippen LogP contribution in [0.3, 0.4) is 0 Å². The van der Waals surface area contributed by atoms with Crippen LogP contribution < -0.4 is 4.74 Å². The maximum Gasteiger partial charge on any atom is 0.254 e. The van der Waals surface area contributed by atoms with Crippen molar-refractivity contribution in [2.75, 3.05) is 46.5 Å². The minimum Gasteiger partial charge on any atom is -0.497 e. The van der Waals surface area contributed by atoms with Crippen LogP contribution >= 0.6 is 0 Å². The zero-order valence-electron chi connectivity index (χ0n) is 14.6. The van der Waals surface area contributed by atoms with Gasteiger partial charge in [0.25, 0.3) is 5.91 Å². The highest BCUT2D eigenvalue weighted by Crippen LogP contribution is 2.23. The highest BCUT2D eigenvalue weighted by Gasteiger charge is 2.28. The van der Waals surface area contributed by atoms with Crippen LogP contribution in [0, 0.1) is 0 Å². The number of amides is 1. The van der Waals surface area contributed by atoms with Crippen molar-refractivity contribution in [3.8, 4) is 5.75 Å². The molecule has 3 rings (SSSR count). The molecule has 5 heteroatoms. The monoisotopic (exact) mass is 332 g/mol. The Kier molecular flexibility index (Phi) is 6.10. The van der Waals surface area contributed by atoms with Crippen molar-refractivity contribution >= 4 is 5.91 Å². The Morgan fingerprint density at radius 1 is 1.17 bits per heavy atom. The second-order valence-electron chi connectivity index (χ2n) is 6.62. The highest BCUT2D eigenvalue weighted by atomic mass is 16.5. The normalized spacial score (nSPS) is 22.4. The summed E-state index contributed by atoms with van der Waals surface area (Å²) in [6.45, 7) is 5.62. The van der Waals surface area contributed by atoms with Crippen molar-refractivity contribution in [2.45, 2.75) is 31.7 Å². The fraction of sp³-hybridized carbons (Fsp3) is 0.632. The molecule has 0 radical (unpaired) electrons. The summed E-state index contributed by atoms with van der Waals surface area (Å²) in [5.74, 6) is 0.943. The van der Waals surface area contributed by atoms with Crippen molar-refractivity contribution in [1.29, 1.82) is 0 Å². The first-order valence-corrected chi connectivity index (χ1v) is 9.03. The number of hydrogen-bond donors (Lipinski definition) is 0. The van der Waals surface area contributed by atoms with Gasteiger partial charge in [-0.1, -0.05) is 0 Å². The molecule has 2 heterocycles. The van der Waals surface area contributed by atoms with Gasteiger partial charge in [0, 0.05) is 37.8 Å². The SMILES string of the molecule is COc1ccc(C(=O)N2CCCC[C@@H]2CCN2CCOCC2)cc1. The largest absolute Gasteiger partial charge is 0.497 e. The number of morpholine rings is 1. The van der Waals surface area contributed by atoms with Gasteiger partial charge in [-0.25, -0.2) is 0 Å². The van der Waals surface area contributed by atoms with Crippen molar-refractivity contribution in [1.82, 2.24) is 9.80 Å². The molecule has 2 aliphatic heterocycles. The second-order valence-corrected chi connectivity index (χ2v) is 6.62. The molecule has 1 aromatic carbocycles. The fourth-order valence-corrected chi connectivity index (χ4v) is 3.62. The lowest BCUT2D eigenvalue weighted by Gasteiger charge is -2.37. The smallest absolute Gasteiger partial charge is 0.254 e. The van der Waals surface area contributed by atoms with Gasteiger partial charge in [-0.2, -0.15) is 0 Å². The third-order valence-corrected chi connectivity index (χ3v) is 5.11. The standard InChI is InChI=1S/C19H28N2O3/c1-23-18-7-5-16(6-8-18)19(22)21-10-3-2-4-17(21)9-11-20-12-14-24-15-13-20/h5-8,17H,2-4,9-15H2,1H3/t17-/m1/s1. The lowest BCUT2D eigenvalue weighted by Crippen LogP contribution is -2.46. The topological polar surface area (TPSA) is 42.0 Å². The molecule has 24 heavy (non-hydrogen) atoms. The van der Waals surface area contributed by atoms with Gasteiger partial charge < -0.3 is 14.4 Å². The predicted octanol–water partition coefficient (Wildman–Crippen LogP) is 2.41. The zero-order chi connectivity index (χ0) is 16.8. The van der Waals surface area contributed by atoms with E-state index in [1.54, 1.807) is 7.11 Å². The molecule has 0 aliphatic carbocycles. The number of methoxy groups -OCH3 is 1. The number of benzene rings is 1. The zero-order valence-corrected chi connectivity index (χ0v) is 14.6. The van der Waals surface area contributed by atoms with Crippen LogP contribution in [0.4, 0.5) is 0 Å². The number of ether oxygens (including phenoxy) is 2. The van der Waals surface area contributed by atoms with Crippen LogP contribution in [0.15, 0.2) is 24.3 Å². The molecule has 1 atom stereocenters. The summed E-state index contributed by atoms with van der Waals surface area (Å²) < 4.78 is 10.6. The molecular weight excluding hydrogens is 304 g/mol. The number of rotatable bonds is 5. The Morgan fingerprint density at radius 3 is 2.62 bits per heavy atom. The number of carbonyl (C=O) groups excluding carboxylic acids is 1. The average Bonchev–Trinajstić information content (AvgIpc) is 2.67. The van der Waals surface area contributed by atoms with Gasteiger partial charge in [-0.3, -0.25) is 9.69 Å². The summed E-state index contributed by atoms with van der Waals surface area (Å²) in [5, 5.41) is 0. The van der Waals surface area contributed by atoms with Crippen LogP contribution in [-0.2, 0) is 4.74 Å². The molecule has 0 saturated carbocycles. The first-order chi connectivity index (χ1) is 11.8. The first-order valence-electron chi connectivity index (χ1n) is 9.03. The summed E-state index contributed by atoms with van der Waals surface area (Å²) >= 11 is 0. The maximum absolute atomic E-state index is 12.9. The van der Waals surface area contributed by atoms with E-state index in [0.717, 1.165) is 70.0 Å². The Bertz CT molecular complexity index is 526. The molecule has 0 bridgehead atoms. The molecule has 0 spiro atoms. The van der Waals surface area contributed by atoms with Gasteiger partial charge in [0.2, 0.25) is 0 Å². The quantitative estimate of drug-likeness (QED) is 0.830. The summed E-state index contributed by atoms with van der Waals surface area (Å²) in [6, 6.07) is 7.82. The molecule has 0 unspecified atom stereocenters. The van der Waals surface area contributed by atoms with Gasteiger partial charge in [0.05, 0.1) is 20.3 Å². The number of hydrogen-bond acceptors (Lipinski definition) is 4. The molecule has 1 amide bonds. The van der Waals surface area contributed by atoms with Gasteiger partial charge in [0.1, 0.15) is 5.75 Å². The van der Waals surface area contributed by atoms with E-state index in [2.05, 4.69) is 9.80 Å². The fourth-order valence-electron chi connectivity index (χ4n) is 3.62. The van der Waals surface area contributed by atoms with Crippen LogP contribution in [0.1, 0.15) is 36.0 Å². The van der Waals surface area contributed by atoms with Crippen molar-refractivity contribution < 1.29 is 14.3 Å². The van der Waals surface area contributed by atoms with Gasteiger partial charge in [-0.15, -0.1) is 0 Å². The van der Waals surface area contributed by atoms with E-state index >= 15 is 0 Å². The molecule has 2 saturated heterocycles. The molecule has 2 aliphatic rings. The number of nitrogens with zero attached hydrogens (tertiary/aromatic N) is 2. The Labute approximate surface area is 144 Å². The van der Waals surface area contributed by atoms with E-state index in [0.29, 0.717) is 6.04 Å². The predicted molar refractivity (Wildman–Crippen MR) is 93.5 cm³/mol. The minimum atomic E-state index is 0.157. The average molecular weight is 332 g/mol. The molecule has 0 aromatic heterocycles. The number of likely N-dealkylation sites (tertiary alicyclic amines) is 1. The van der Waals surface area contributed by atoms with E-state index in [-0.39, 0.29) is 5.91 Å². The number of piperidine rings is 1. The van der Waals surface area contributed by atoms with Crippen LogP contribution in [0.2, 0.25) is 0 Å². The second kappa shape index (κ2) is 8.49. The summed E-state index contributed by atoms with van der Waals surface area (Å²) in [4.78, 5) is 17.5. The van der Waals surface area contributed by atoms with Crippen molar-refractivity contribution in [3.05, 3.63) is 29.8 Å². The molecule has 0 N–H and O–H groups in total. The van der Waals surface area contributed by atoms with Gasteiger partial charge >= 0.3 is 0 Å². The van der Waals surface area contributed by atoms with Gasteiger partial charge in [0.15, 0.2) is 0 Å². The summed E-state index contributed by atoms with van der Waals surface area (Å²) in [5.41, 5.74) is 0.758. The van der Waals surface area contributed by atoms with Crippen molar-refractivity contribution in [3.63, 3.8) is 0 Å². The Hall–Kier alpha value is -1.59. The summed E-state index contributed by atoms with van der Waals surface area (Å²) in [6.07, 6.45) is 4.50. The first kappa shape index (κ1) is 17.2. The Morgan fingerprint density at radius 2 is 1.92 bits per heavy atom. The molecule has 5 nitrogen and oxygen atoms in total. The Balaban J connectivity index is 1.60. The van der Waals surface area contributed by atoms with Gasteiger partial charge in [-0.05, 0) is 49.9 Å². The van der Waals surface area contributed by atoms with Crippen LogP contribution in [0.5, 0.6) is 5.75 Å². The van der Waals surface area contributed by atoms with Crippen LogP contribution in [0.25, 0.3) is 0 Å². The van der Waals surface area contributed by atoms with E-state index in [1.165, 1.54) is 6.42 Å². The van der Waals surface area contributed by atoms with E-state index < -0.39 is 0 Å². The third kappa shape index (κ3) is 4.28.